The van der Waals surface area contributed by atoms with Crippen molar-refractivity contribution in [3.05, 3.63) is 109 Å². The average molecular weight is 444 g/mol. The van der Waals surface area contributed by atoms with E-state index in [0.29, 0.717) is 28.3 Å². The molecule has 0 aliphatic carbocycles. The van der Waals surface area contributed by atoms with Gasteiger partial charge in [-0.05, 0) is 49.7 Å². The van der Waals surface area contributed by atoms with Crippen LogP contribution < -0.4 is 11.2 Å². The Balaban J connectivity index is 1.94. The van der Waals surface area contributed by atoms with E-state index in [-0.39, 0.29) is 11.2 Å². The maximum atomic E-state index is 13.8. The fourth-order valence-corrected chi connectivity index (χ4v) is 4.52. The van der Waals surface area contributed by atoms with Crippen LogP contribution in [-0.4, -0.2) is 13.7 Å². The molecule has 5 aromatic rings. The van der Waals surface area contributed by atoms with E-state index in [1.54, 1.807) is 28.8 Å². The molecule has 0 radical (unpaired) electrons. The first kappa shape index (κ1) is 20.3. The second-order valence-electron chi connectivity index (χ2n) is 8.25. The number of hydrogen-bond acceptors (Lipinski definition) is 2. The predicted molar refractivity (Wildman–Crippen MR) is 130 cm³/mol. The number of aromatic nitrogens is 3. The number of nitrogens with zero attached hydrogens (tertiary/aromatic N) is 3. The lowest BCUT2D eigenvalue weighted by atomic mass is 10.1. The Morgan fingerprint density at radius 2 is 1.56 bits per heavy atom. The van der Waals surface area contributed by atoms with Crippen molar-refractivity contribution in [1.82, 2.24) is 13.7 Å². The Labute approximate surface area is 189 Å². The van der Waals surface area contributed by atoms with Gasteiger partial charge in [-0.15, -0.1) is 0 Å². The van der Waals surface area contributed by atoms with E-state index in [9.17, 15) is 9.59 Å². The lowest BCUT2D eigenvalue weighted by molar-refractivity contribution is 0.712. The molecule has 0 saturated carbocycles. The number of halogens is 1. The van der Waals surface area contributed by atoms with Crippen LogP contribution in [0.5, 0.6) is 0 Å². The minimum atomic E-state index is -0.389. The molecule has 0 bridgehead atoms. The maximum absolute atomic E-state index is 13.8. The largest absolute Gasteiger partial charge is 0.338 e. The third-order valence-electron chi connectivity index (χ3n) is 5.95. The average Bonchev–Trinajstić information content (AvgIpc) is 3.04. The highest BCUT2D eigenvalue weighted by Gasteiger charge is 2.21. The van der Waals surface area contributed by atoms with Crippen molar-refractivity contribution in [3.8, 4) is 5.69 Å². The van der Waals surface area contributed by atoms with Crippen LogP contribution in [0.25, 0.3) is 27.6 Å². The van der Waals surface area contributed by atoms with Gasteiger partial charge in [-0.25, -0.2) is 9.36 Å². The van der Waals surface area contributed by atoms with E-state index < -0.39 is 0 Å². The van der Waals surface area contributed by atoms with Gasteiger partial charge in [-0.2, -0.15) is 0 Å². The van der Waals surface area contributed by atoms with E-state index in [2.05, 4.69) is 0 Å². The van der Waals surface area contributed by atoms with Gasteiger partial charge in [0.25, 0.3) is 5.56 Å². The van der Waals surface area contributed by atoms with Crippen molar-refractivity contribution in [2.45, 2.75) is 20.4 Å². The second kappa shape index (κ2) is 7.53. The van der Waals surface area contributed by atoms with Crippen molar-refractivity contribution in [1.29, 1.82) is 0 Å². The maximum Gasteiger partial charge on any atom is 0.336 e. The quantitative estimate of drug-likeness (QED) is 0.395. The monoisotopic (exact) mass is 443 g/mol. The van der Waals surface area contributed by atoms with Crippen LogP contribution >= 0.6 is 11.6 Å². The molecule has 5 nitrogen and oxygen atoms in total. The smallest absolute Gasteiger partial charge is 0.336 e. The highest BCUT2D eigenvalue weighted by atomic mass is 35.5. The Hall–Kier alpha value is -3.57. The summed E-state index contributed by atoms with van der Waals surface area (Å²) in [6, 6.07) is 20.9. The SMILES string of the molecule is Cc1ccc(Cn2c(=O)n(-c3cccc(Cl)c3)c(=O)c3c2c2cc(C)ccc2n3C)cc1. The van der Waals surface area contributed by atoms with E-state index in [1.165, 1.54) is 4.57 Å². The normalized spacial score (nSPS) is 11.5. The zero-order valence-electron chi connectivity index (χ0n) is 18.1. The molecule has 160 valence electrons. The highest BCUT2D eigenvalue weighted by molar-refractivity contribution is 6.30. The number of aryl methyl sites for hydroxylation is 3. The first-order valence-corrected chi connectivity index (χ1v) is 10.8. The Morgan fingerprint density at radius 1 is 0.844 bits per heavy atom. The molecule has 6 heteroatoms. The molecule has 0 aliphatic rings. The Kier molecular flexibility index (Phi) is 4.79. The van der Waals surface area contributed by atoms with Gasteiger partial charge in [0.1, 0.15) is 5.52 Å². The third kappa shape index (κ3) is 3.17. The number of fused-ring (bicyclic) bond motifs is 3. The van der Waals surface area contributed by atoms with Crippen molar-refractivity contribution in [2.24, 2.45) is 7.05 Å². The Bertz CT molecular complexity index is 1620. The second-order valence-corrected chi connectivity index (χ2v) is 8.69. The predicted octanol–water partition coefficient (Wildman–Crippen LogP) is 4.96. The summed E-state index contributed by atoms with van der Waals surface area (Å²) in [5.74, 6) is 0. The highest BCUT2D eigenvalue weighted by Crippen LogP contribution is 2.27. The van der Waals surface area contributed by atoms with E-state index in [1.807, 2.05) is 67.9 Å². The molecule has 0 N–H and O–H groups in total. The first-order chi connectivity index (χ1) is 15.3. The Morgan fingerprint density at radius 3 is 2.28 bits per heavy atom. The topological polar surface area (TPSA) is 48.9 Å². The molecule has 2 aromatic heterocycles. The van der Waals surface area contributed by atoms with Crippen molar-refractivity contribution < 1.29 is 0 Å². The molecular formula is C26H22ClN3O2. The molecule has 0 spiro atoms. The van der Waals surface area contributed by atoms with Crippen LogP contribution in [0.1, 0.15) is 16.7 Å². The van der Waals surface area contributed by atoms with E-state index in [0.717, 1.165) is 27.6 Å². The van der Waals surface area contributed by atoms with Gasteiger partial charge in [-0.1, -0.05) is 59.1 Å². The summed E-state index contributed by atoms with van der Waals surface area (Å²) < 4.78 is 4.79. The number of rotatable bonds is 3. The summed E-state index contributed by atoms with van der Waals surface area (Å²) in [4.78, 5) is 27.5. The van der Waals surface area contributed by atoms with E-state index in [4.69, 9.17) is 11.6 Å². The van der Waals surface area contributed by atoms with Crippen LogP contribution in [0, 0.1) is 13.8 Å². The summed E-state index contributed by atoms with van der Waals surface area (Å²) in [7, 11) is 1.87. The van der Waals surface area contributed by atoms with Crippen molar-refractivity contribution >= 4 is 33.5 Å². The van der Waals surface area contributed by atoms with Crippen LogP contribution in [0.15, 0.2) is 76.3 Å². The first-order valence-electron chi connectivity index (χ1n) is 10.4. The van der Waals surface area contributed by atoms with Gasteiger partial charge in [0.05, 0.1) is 23.3 Å². The summed E-state index contributed by atoms with van der Waals surface area (Å²) >= 11 is 6.19. The third-order valence-corrected chi connectivity index (χ3v) is 6.19. The van der Waals surface area contributed by atoms with Gasteiger partial charge in [-0.3, -0.25) is 9.36 Å². The van der Waals surface area contributed by atoms with Gasteiger partial charge in [0.2, 0.25) is 0 Å². The minimum absolute atomic E-state index is 0.351. The number of benzene rings is 3. The van der Waals surface area contributed by atoms with Gasteiger partial charge >= 0.3 is 5.69 Å². The standard InChI is InChI=1S/C26H22ClN3O2/c1-16-7-10-18(11-8-16)15-29-23-21-13-17(2)9-12-22(21)28(3)24(23)25(31)30(26(29)32)20-6-4-5-19(27)14-20/h4-14H,15H2,1-3H3. The fraction of sp³-hybridized carbons (Fsp3) is 0.154. The van der Waals surface area contributed by atoms with Crippen LogP contribution in [0.3, 0.4) is 0 Å². The summed E-state index contributed by atoms with van der Waals surface area (Å²) in [6.45, 7) is 4.39. The van der Waals surface area contributed by atoms with E-state index >= 15 is 0 Å². The molecule has 32 heavy (non-hydrogen) atoms. The molecule has 0 unspecified atom stereocenters. The van der Waals surface area contributed by atoms with Crippen LogP contribution in [0.4, 0.5) is 0 Å². The van der Waals surface area contributed by atoms with Crippen LogP contribution in [-0.2, 0) is 13.6 Å². The molecule has 0 atom stereocenters. The summed E-state index contributed by atoms with van der Waals surface area (Å²) in [5.41, 5.74) is 4.95. The molecule has 0 saturated heterocycles. The van der Waals surface area contributed by atoms with Gasteiger partial charge in [0.15, 0.2) is 0 Å². The van der Waals surface area contributed by atoms with Crippen molar-refractivity contribution in [3.63, 3.8) is 0 Å². The number of hydrogen-bond donors (Lipinski definition) is 0. The molecule has 5 rings (SSSR count). The summed E-state index contributed by atoms with van der Waals surface area (Å²) in [5, 5.41) is 1.36. The zero-order chi connectivity index (χ0) is 22.6. The zero-order valence-corrected chi connectivity index (χ0v) is 18.8. The minimum Gasteiger partial charge on any atom is -0.338 e. The lowest BCUT2D eigenvalue weighted by Crippen LogP contribution is -2.39. The summed E-state index contributed by atoms with van der Waals surface area (Å²) in [6.07, 6.45) is 0. The van der Waals surface area contributed by atoms with Gasteiger partial charge < -0.3 is 4.57 Å². The lowest BCUT2D eigenvalue weighted by Gasteiger charge is -2.14. The van der Waals surface area contributed by atoms with Gasteiger partial charge in [0, 0.05) is 17.5 Å². The fourth-order valence-electron chi connectivity index (χ4n) is 4.33. The molecule has 0 amide bonds. The molecule has 0 aliphatic heterocycles. The van der Waals surface area contributed by atoms with Crippen molar-refractivity contribution in [2.75, 3.05) is 0 Å². The van der Waals surface area contributed by atoms with Crippen LogP contribution in [0.2, 0.25) is 5.02 Å². The molecule has 3 aromatic carbocycles. The molecule has 2 heterocycles. The molecule has 0 fully saturated rings. The molecular weight excluding hydrogens is 422 g/mol.